The van der Waals surface area contributed by atoms with Crippen LogP contribution in [0.25, 0.3) is 0 Å². The molecule has 3 aliphatic rings. The fourth-order valence-electron chi connectivity index (χ4n) is 6.07. The van der Waals surface area contributed by atoms with Crippen LogP contribution in [-0.2, 0) is 14.2 Å². The normalized spacial score (nSPS) is 25.4. The molecule has 2 aromatic rings. The number of carbonyl (C=O) groups is 1. The molecular weight excluding hydrogens is 567 g/mol. The first kappa shape index (κ1) is 31.4. The van der Waals surface area contributed by atoms with Crippen molar-refractivity contribution in [1.29, 1.82) is 0 Å². The molecule has 0 spiro atoms. The summed E-state index contributed by atoms with van der Waals surface area (Å²) in [6.07, 6.45) is 1.50. The van der Waals surface area contributed by atoms with E-state index >= 15 is 0 Å². The zero-order valence-corrected chi connectivity index (χ0v) is 24.6. The Balaban J connectivity index is 1.12. The summed E-state index contributed by atoms with van der Waals surface area (Å²) in [5.41, 5.74) is 1.87. The Hall–Kier alpha value is -3.00. The van der Waals surface area contributed by atoms with Crippen LogP contribution >= 0.6 is 0 Å². The number of hydrogen-bond acceptors (Lipinski definition) is 9. The quantitative estimate of drug-likeness (QED) is 0.429. The van der Waals surface area contributed by atoms with E-state index < -0.39 is 6.36 Å². The van der Waals surface area contributed by atoms with Gasteiger partial charge in [-0.3, -0.25) is 4.79 Å². The molecule has 4 heterocycles. The number of nitrogens with zero attached hydrogens (tertiary/aromatic N) is 3. The molecule has 0 bridgehead atoms. The van der Waals surface area contributed by atoms with Gasteiger partial charge >= 0.3 is 6.36 Å². The minimum Gasteiger partial charge on any atom is -0.406 e. The van der Waals surface area contributed by atoms with Gasteiger partial charge in [-0.05, 0) is 63.1 Å². The van der Waals surface area contributed by atoms with Crippen molar-refractivity contribution in [2.45, 2.75) is 82.2 Å². The SMILES string of the molecule is CO[C@H]1COCC[C@H]1NC1CCN(C(=O)c2ncnc(NC[C@H]3CCC[C@@H](c4ccc(OC(F)(F)F)cc4)O3)c2C)CC1. The monoisotopic (exact) mass is 607 g/mol. The summed E-state index contributed by atoms with van der Waals surface area (Å²) in [6, 6.07) is 6.39. The summed E-state index contributed by atoms with van der Waals surface area (Å²) in [7, 11) is 1.71. The molecule has 0 aliphatic carbocycles. The Bertz CT molecular complexity index is 1210. The van der Waals surface area contributed by atoms with Gasteiger partial charge in [0.05, 0.1) is 24.9 Å². The van der Waals surface area contributed by atoms with E-state index in [2.05, 4.69) is 25.3 Å². The number of piperidine rings is 1. The zero-order chi connectivity index (χ0) is 30.4. The molecule has 0 saturated carbocycles. The number of aromatic nitrogens is 2. The lowest BCUT2D eigenvalue weighted by Gasteiger charge is -2.38. The van der Waals surface area contributed by atoms with Crippen molar-refractivity contribution in [1.82, 2.24) is 20.2 Å². The Morgan fingerprint density at radius 1 is 1.09 bits per heavy atom. The Labute approximate surface area is 249 Å². The number of amides is 1. The number of likely N-dealkylation sites (tertiary alicyclic amines) is 1. The van der Waals surface area contributed by atoms with Gasteiger partial charge < -0.3 is 34.5 Å². The van der Waals surface area contributed by atoms with E-state index in [0.717, 1.165) is 50.7 Å². The van der Waals surface area contributed by atoms with E-state index in [4.69, 9.17) is 14.2 Å². The van der Waals surface area contributed by atoms with Gasteiger partial charge in [0.25, 0.3) is 5.91 Å². The van der Waals surface area contributed by atoms with Crippen LogP contribution in [0.3, 0.4) is 0 Å². The van der Waals surface area contributed by atoms with Gasteiger partial charge in [0.15, 0.2) is 0 Å². The van der Waals surface area contributed by atoms with Gasteiger partial charge in [-0.2, -0.15) is 0 Å². The third-order valence-electron chi connectivity index (χ3n) is 8.46. The van der Waals surface area contributed by atoms with E-state index in [1.54, 1.807) is 19.2 Å². The minimum absolute atomic E-state index is 0.0428. The topological polar surface area (TPSA) is 107 Å². The number of nitrogens with one attached hydrogen (secondary N) is 2. The van der Waals surface area contributed by atoms with Gasteiger partial charge in [-0.1, -0.05) is 12.1 Å². The molecule has 236 valence electrons. The van der Waals surface area contributed by atoms with Crippen LogP contribution in [0.5, 0.6) is 5.75 Å². The molecule has 1 aromatic heterocycles. The van der Waals surface area contributed by atoms with E-state index in [0.29, 0.717) is 49.4 Å². The maximum absolute atomic E-state index is 13.4. The second-order valence-corrected chi connectivity index (χ2v) is 11.3. The van der Waals surface area contributed by atoms with Crippen molar-refractivity contribution >= 4 is 11.7 Å². The molecule has 4 atom stereocenters. The van der Waals surface area contributed by atoms with Crippen LogP contribution in [-0.4, -0.2) is 91.4 Å². The number of carbonyl (C=O) groups excluding carboxylic acids is 1. The van der Waals surface area contributed by atoms with E-state index in [9.17, 15) is 18.0 Å². The minimum atomic E-state index is -4.73. The summed E-state index contributed by atoms with van der Waals surface area (Å²) in [4.78, 5) is 24.0. The number of hydrogen-bond donors (Lipinski definition) is 2. The predicted octanol–water partition coefficient (Wildman–Crippen LogP) is 4.40. The van der Waals surface area contributed by atoms with Crippen LogP contribution in [0, 0.1) is 6.92 Å². The van der Waals surface area contributed by atoms with Crippen molar-refractivity contribution in [3.05, 3.63) is 47.4 Å². The van der Waals surface area contributed by atoms with Gasteiger partial charge in [-0.15, -0.1) is 13.2 Å². The average molecular weight is 608 g/mol. The first-order valence-corrected chi connectivity index (χ1v) is 14.9. The highest BCUT2D eigenvalue weighted by atomic mass is 19.4. The molecule has 5 rings (SSSR count). The van der Waals surface area contributed by atoms with Crippen LogP contribution in [0.2, 0.25) is 0 Å². The molecule has 10 nitrogen and oxygen atoms in total. The Kier molecular flexibility index (Phi) is 10.4. The first-order valence-electron chi connectivity index (χ1n) is 14.9. The molecule has 3 aliphatic heterocycles. The molecule has 43 heavy (non-hydrogen) atoms. The number of methoxy groups -OCH3 is 1. The maximum Gasteiger partial charge on any atom is 0.573 e. The predicted molar refractivity (Wildman–Crippen MR) is 152 cm³/mol. The fraction of sp³-hybridized carbons (Fsp3) is 0.633. The van der Waals surface area contributed by atoms with Gasteiger partial charge in [0, 0.05) is 51.0 Å². The fourth-order valence-corrected chi connectivity index (χ4v) is 6.07. The third-order valence-corrected chi connectivity index (χ3v) is 8.46. The second-order valence-electron chi connectivity index (χ2n) is 11.3. The number of rotatable bonds is 9. The molecule has 3 saturated heterocycles. The van der Waals surface area contributed by atoms with E-state index in [1.807, 2.05) is 11.8 Å². The first-order chi connectivity index (χ1) is 20.7. The lowest BCUT2D eigenvalue weighted by Crippen LogP contribution is -2.54. The molecule has 13 heteroatoms. The largest absolute Gasteiger partial charge is 0.573 e. The smallest absolute Gasteiger partial charge is 0.406 e. The summed E-state index contributed by atoms with van der Waals surface area (Å²) >= 11 is 0. The summed E-state index contributed by atoms with van der Waals surface area (Å²) < 4.78 is 58.8. The lowest BCUT2D eigenvalue weighted by atomic mass is 9.98. The van der Waals surface area contributed by atoms with Gasteiger partial charge in [0.1, 0.15) is 23.6 Å². The van der Waals surface area contributed by atoms with E-state index in [-0.39, 0.29) is 36.0 Å². The van der Waals surface area contributed by atoms with Crippen molar-refractivity contribution in [3.63, 3.8) is 0 Å². The second kappa shape index (κ2) is 14.2. The van der Waals surface area contributed by atoms with Gasteiger partial charge in [0.2, 0.25) is 0 Å². The summed E-state index contributed by atoms with van der Waals surface area (Å²) in [5.74, 6) is 0.222. The summed E-state index contributed by atoms with van der Waals surface area (Å²) in [6.45, 7) is 4.93. The van der Waals surface area contributed by atoms with Crippen molar-refractivity contribution in [2.75, 3.05) is 45.3 Å². The molecule has 0 unspecified atom stereocenters. The lowest BCUT2D eigenvalue weighted by molar-refractivity contribution is -0.274. The molecule has 0 radical (unpaired) electrons. The van der Waals surface area contributed by atoms with Crippen LogP contribution in [0.4, 0.5) is 19.0 Å². The maximum atomic E-state index is 13.4. The molecular formula is C30H40F3N5O5. The van der Waals surface area contributed by atoms with Crippen LogP contribution in [0.1, 0.15) is 66.2 Å². The number of anilines is 1. The average Bonchev–Trinajstić information content (AvgIpc) is 3.01. The van der Waals surface area contributed by atoms with Crippen LogP contribution in [0.15, 0.2) is 30.6 Å². The number of ether oxygens (including phenoxy) is 4. The van der Waals surface area contributed by atoms with E-state index in [1.165, 1.54) is 18.5 Å². The highest BCUT2D eigenvalue weighted by molar-refractivity contribution is 5.94. The highest BCUT2D eigenvalue weighted by Crippen LogP contribution is 2.33. The Morgan fingerprint density at radius 3 is 2.58 bits per heavy atom. The number of halogens is 3. The van der Waals surface area contributed by atoms with Crippen molar-refractivity contribution in [2.24, 2.45) is 0 Å². The number of benzene rings is 1. The highest BCUT2D eigenvalue weighted by Gasteiger charge is 2.33. The van der Waals surface area contributed by atoms with Crippen molar-refractivity contribution < 1.29 is 36.9 Å². The number of alkyl halides is 3. The Morgan fingerprint density at radius 2 is 1.86 bits per heavy atom. The van der Waals surface area contributed by atoms with Crippen LogP contribution < -0.4 is 15.4 Å². The third kappa shape index (κ3) is 8.34. The summed E-state index contributed by atoms with van der Waals surface area (Å²) in [5, 5.41) is 7.04. The molecule has 2 N–H and O–H groups in total. The van der Waals surface area contributed by atoms with Gasteiger partial charge in [-0.25, -0.2) is 9.97 Å². The molecule has 1 amide bonds. The molecule has 3 fully saturated rings. The zero-order valence-electron chi connectivity index (χ0n) is 24.6. The molecule has 1 aromatic carbocycles. The van der Waals surface area contributed by atoms with Crippen molar-refractivity contribution in [3.8, 4) is 5.75 Å². The standard InChI is InChI=1S/C30H40F3N5O5/c1-19-27(29(39)38-13-10-21(11-14-38)37-24-12-15-41-17-26(24)40-2)35-18-36-28(19)34-16-23-4-3-5-25(42-23)20-6-8-22(9-7-20)43-30(31,32)33/h6-9,18,21,23-26,37H,3-5,10-17H2,1-2H3,(H,34,35,36)/t23-,24-,25+,26+/m1/s1.